The third-order valence-corrected chi connectivity index (χ3v) is 4.49. The summed E-state index contributed by atoms with van der Waals surface area (Å²) < 4.78 is 65.0. The van der Waals surface area contributed by atoms with Gasteiger partial charge in [-0.3, -0.25) is 0 Å². The first-order valence-corrected chi connectivity index (χ1v) is 5.89. The molecule has 0 N–H and O–H groups in total. The predicted molar refractivity (Wildman–Crippen MR) is 58.1 cm³/mol. The summed E-state index contributed by atoms with van der Waals surface area (Å²) >= 11 is 0. The Bertz CT molecular complexity index is 473. The minimum atomic E-state index is -4.82. The fraction of sp³-hybridized carbons (Fsp3) is 0.500. The van der Waals surface area contributed by atoms with E-state index in [1.807, 2.05) is 0 Å². The van der Waals surface area contributed by atoms with E-state index >= 15 is 0 Å². The van der Waals surface area contributed by atoms with Crippen molar-refractivity contribution in [2.75, 3.05) is 0 Å². The molecule has 98 valence electrons. The van der Waals surface area contributed by atoms with Crippen molar-refractivity contribution in [1.29, 1.82) is 0 Å². The molecule has 0 saturated heterocycles. The van der Waals surface area contributed by atoms with E-state index in [1.165, 1.54) is 6.07 Å². The fourth-order valence-corrected chi connectivity index (χ4v) is 3.70. The molecule has 3 aliphatic carbocycles. The van der Waals surface area contributed by atoms with Crippen molar-refractivity contribution in [2.24, 2.45) is 5.41 Å². The summed E-state index contributed by atoms with van der Waals surface area (Å²) in [5.74, 6) is -1.32. The molecule has 0 aliphatic heterocycles. The summed E-state index contributed by atoms with van der Waals surface area (Å²) in [5, 5.41) is -1.50. The number of halogens is 5. The van der Waals surface area contributed by atoms with Crippen molar-refractivity contribution in [3.8, 4) is 0 Å². The van der Waals surface area contributed by atoms with Crippen molar-refractivity contribution in [3.05, 3.63) is 35.4 Å². The molecule has 0 heterocycles. The standard InChI is InChI=1S/C12H11BF5.K/c14-9-2-1-3-10(15)8(9)4-11-5-12(6-11,7-11)13(16,17)18;/h1-3H,4-7H2;/q-1;+1. The van der Waals surface area contributed by atoms with Crippen molar-refractivity contribution >= 4 is 6.98 Å². The smallest absolute Gasteiger partial charge is 0.449 e. The number of hydrogen-bond donors (Lipinski definition) is 0. The van der Waals surface area contributed by atoms with Gasteiger partial charge in [0.1, 0.15) is 11.6 Å². The van der Waals surface area contributed by atoms with Gasteiger partial charge in [-0.15, -0.1) is 0 Å². The molecular formula is C12H11BF5K. The third-order valence-electron chi connectivity index (χ3n) is 4.49. The summed E-state index contributed by atoms with van der Waals surface area (Å²) in [6.45, 7) is -4.82. The van der Waals surface area contributed by atoms with Crippen molar-refractivity contribution < 1.29 is 73.1 Å². The normalized spacial score (nSPS) is 32.1. The minimum absolute atomic E-state index is 0. The molecule has 0 spiro atoms. The molecule has 1 aromatic rings. The zero-order chi connectivity index (χ0) is 13.2. The topological polar surface area (TPSA) is 0 Å². The molecular weight excluding hydrogens is 289 g/mol. The van der Waals surface area contributed by atoms with Gasteiger partial charge in [-0.25, -0.2) is 8.78 Å². The average Bonchev–Trinajstić information content (AvgIpc) is 2.09. The van der Waals surface area contributed by atoms with E-state index in [0.717, 1.165) is 12.1 Å². The van der Waals surface area contributed by atoms with E-state index < -0.39 is 29.3 Å². The summed E-state index contributed by atoms with van der Waals surface area (Å²) in [4.78, 5) is 0. The first kappa shape index (κ1) is 16.0. The zero-order valence-electron chi connectivity index (χ0n) is 10.5. The molecule has 0 nitrogen and oxygen atoms in total. The van der Waals surface area contributed by atoms with Gasteiger partial charge < -0.3 is 12.9 Å². The van der Waals surface area contributed by atoms with Crippen LogP contribution in [0.25, 0.3) is 0 Å². The summed E-state index contributed by atoms with van der Waals surface area (Å²) in [6, 6.07) is 3.55. The number of rotatable bonds is 3. The maximum absolute atomic E-state index is 13.4. The molecule has 0 aromatic heterocycles. The molecule has 4 rings (SSSR count). The van der Waals surface area contributed by atoms with Crippen LogP contribution in [0, 0.1) is 17.0 Å². The predicted octanol–water partition coefficient (Wildman–Crippen LogP) is 1.28. The molecule has 0 amide bonds. The van der Waals surface area contributed by atoms with E-state index in [0.29, 0.717) is 0 Å². The van der Waals surface area contributed by atoms with Crippen LogP contribution in [-0.2, 0) is 6.42 Å². The Labute approximate surface area is 150 Å². The Balaban J connectivity index is 0.00000133. The molecule has 1 aromatic carbocycles. The van der Waals surface area contributed by atoms with Gasteiger partial charge in [-0.1, -0.05) is 30.6 Å². The van der Waals surface area contributed by atoms with Gasteiger partial charge in [-0.05, 0) is 24.0 Å². The largest absolute Gasteiger partial charge is 1.00 e. The zero-order valence-corrected chi connectivity index (χ0v) is 13.7. The molecule has 3 aliphatic rings. The van der Waals surface area contributed by atoms with E-state index in [2.05, 4.69) is 0 Å². The van der Waals surface area contributed by atoms with Crippen molar-refractivity contribution in [3.63, 3.8) is 0 Å². The first-order chi connectivity index (χ1) is 8.27. The number of hydrogen-bond acceptors (Lipinski definition) is 0. The monoisotopic (exact) mass is 300 g/mol. The summed E-state index contributed by atoms with van der Waals surface area (Å²) in [5.41, 5.74) is -0.583. The maximum Gasteiger partial charge on any atom is 1.00 e. The van der Waals surface area contributed by atoms with Crippen LogP contribution in [0.15, 0.2) is 18.2 Å². The second-order valence-corrected chi connectivity index (χ2v) is 5.84. The van der Waals surface area contributed by atoms with Gasteiger partial charge in [-0.2, -0.15) is 0 Å². The summed E-state index contributed by atoms with van der Waals surface area (Å²) in [7, 11) is 0. The molecule has 0 atom stereocenters. The molecule has 7 heteroatoms. The minimum Gasteiger partial charge on any atom is -0.449 e. The molecule has 0 unspecified atom stereocenters. The molecule has 3 fully saturated rings. The Morgan fingerprint density at radius 1 is 1.00 bits per heavy atom. The Kier molecular flexibility index (Phi) is 4.03. The van der Waals surface area contributed by atoms with Gasteiger partial charge in [0.05, 0.1) is 0 Å². The van der Waals surface area contributed by atoms with Crippen LogP contribution < -0.4 is 51.4 Å². The van der Waals surface area contributed by atoms with Crippen molar-refractivity contribution in [1.82, 2.24) is 0 Å². The quantitative estimate of drug-likeness (QED) is 0.583. The van der Waals surface area contributed by atoms with E-state index in [9.17, 15) is 21.7 Å². The van der Waals surface area contributed by atoms with Crippen LogP contribution in [0.3, 0.4) is 0 Å². The second kappa shape index (κ2) is 4.80. The fourth-order valence-electron chi connectivity index (χ4n) is 3.70. The van der Waals surface area contributed by atoms with Crippen LogP contribution in [0.4, 0.5) is 21.7 Å². The van der Waals surface area contributed by atoms with E-state index in [-0.39, 0.29) is 82.6 Å². The Hall–Kier alpha value is 0.571. The number of benzene rings is 1. The molecule has 3 saturated carbocycles. The van der Waals surface area contributed by atoms with Crippen LogP contribution in [0.2, 0.25) is 5.31 Å². The van der Waals surface area contributed by atoms with Crippen LogP contribution in [0.5, 0.6) is 0 Å². The molecule has 2 bridgehead atoms. The second-order valence-electron chi connectivity index (χ2n) is 5.84. The van der Waals surface area contributed by atoms with Gasteiger partial charge in [0, 0.05) is 5.56 Å². The maximum atomic E-state index is 13.4. The molecule has 19 heavy (non-hydrogen) atoms. The Morgan fingerprint density at radius 2 is 1.47 bits per heavy atom. The molecule has 0 radical (unpaired) electrons. The van der Waals surface area contributed by atoms with Gasteiger partial charge in [0.25, 0.3) is 0 Å². The van der Waals surface area contributed by atoms with Crippen molar-refractivity contribution in [2.45, 2.75) is 31.0 Å². The Morgan fingerprint density at radius 3 is 1.89 bits per heavy atom. The third kappa shape index (κ3) is 2.35. The van der Waals surface area contributed by atoms with Gasteiger partial charge in [0.15, 0.2) is 0 Å². The van der Waals surface area contributed by atoms with Gasteiger partial charge >= 0.3 is 58.4 Å². The van der Waals surface area contributed by atoms with E-state index in [1.54, 1.807) is 0 Å². The van der Waals surface area contributed by atoms with E-state index in [4.69, 9.17) is 0 Å². The average molecular weight is 300 g/mol. The SMILES string of the molecule is Fc1cccc(F)c1CC12CC([B-](F)(F)F)(C1)C2.[K+]. The van der Waals surface area contributed by atoms with Crippen LogP contribution in [0.1, 0.15) is 24.8 Å². The van der Waals surface area contributed by atoms with Gasteiger partial charge in [0.2, 0.25) is 0 Å². The van der Waals surface area contributed by atoms with Crippen LogP contribution in [-0.4, -0.2) is 6.98 Å². The first-order valence-electron chi connectivity index (χ1n) is 5.89. The van der Waals surface area contributed by atoms with Crippen LogP contribution >= 0.6 is 0 Å². The summed E-state index contributed by atoms with van der Waals surface area (Å²) in [6.07, 6.45) is 0.200.